The first-order valence-electron chi connectivity index (χ1n) is 13.0. The molecule has 0 aliphatic rings. The van der Waals surface area contributed by atoms with Gasteiger partial charge in [0.25, 0.3) is 11.8 Å². The number of nitrogens with zero attached hydrogens (tertiary/aromatic N) is 2. The topological polar surface area (TPSA) is 129 Å². The van der Waals surface area contributed by atoms with Crippen molar-refractivity contribution in [1.29, 1.82) is 0 Å². The number of carbonyl (C=O) groups excluding carboxylic acids is 2. The lowest BCUT2D eigenvalue weighted by molar-refractivity contribution is -0.130. The van der Waals surface area contributed by atoms with Gasteiger partial charge in [-0.25, -0.2) is 0 Å². The van der Waals surface area contributed by atoms with E-state index >= 15 is 0 Å². The van der Waals surface area contributed by atoms with Gasteiger partial charge in [0.2, 0.25) is 0 Å². The van der Waals surface area contributed by atoms with E-state index in [2.05, 4.69) is 5.10 Å². The largest absolute Gasteiger partial charge is 0.494 e. The molecular weight excluding hydrogens is 484 g/mol. The van der Waals surface area contributed by atoms with E-state index in [1.165, 1.54) is 0 Å². The number of unbranched alkanes of at least 4 members (excludes halogenated alkanes) is 2. The zero-order valence-electron chi connectivity index (χ0n) is 23.4. The van der Waals surface area contributed by atoms with Gasteiger partial charge in [-0.15, -0.1) is 0 Å². The van der Waals surface area contributed by atoms with E-state index in [1.54, 1.807) is 43.2 Å². The van der Waals surface area contributed by atoms with E-state index in [0.29, 0.717) is 24.5 Å². The quantitative estimate of drug-likeness (QED) is 0.152. The summed E-state index contributed by atoms with van der Waals surface area (Å²) in [7, 11) is 0. The maximum Gasteiger partial charge on any atom is 0.261 e. The zero-order chi connectivity index (χ0) is 28.3. The summed E-state index contributed by atoms with van der Waals surface area (Å²) >= 11 is 0. The van der Waals surface area contributed by atoms with Gasteiger partial charge in [0.1, 0.15) is 17.2 Å². The predicted octanol–water partition coefficient (Wildman–Crippen LogP) is 4.51. The Labute approximate surface area is 226 Å². The second-order valence-corrected chi connectivity index (χ2v) is 10.1. The van der Waals surface area contributed by atoms with Crippen molar-refractivity contribution in [1.82, 2.24) is 4.90 Å². The molecule has 0 saturated heterocycles. The van der Waals surface area contributed by atoms with Crippen LogP contribution in [0.5, 0.6) is 17.2 Å². The highest BCUT2D eigenvalue weighted by Gasteiger charge is 2.31. The molecule has 208 valence electrons. The first kappa shape index (κ1) is 30.5. The SMILES string of the molecule is CC(C)N(C(=O)c1ccc(OCCCCCOc2ccc(C=NN)cc2)cc1OC(C)(C)C(N)=O)C(C)C. The fourth-order valence-electron chi connectivity index (χ4n) is 3.88. The molecule has 0 heterocycles. The van der Waals surface area contributed by atoms with Crippen LogP contribution >= 0.6 is 0 Å². The van der Waals surface area contributed by atoms with E-state index in [4.69, 9.17) is 25.8 Å². The van der Waals surface area contributed by atoms with Crippen LogP contribution in [0.15, 0.2) is 47.6 Å². The van der Waals surface area contributed by atoms with E-state index < -0.39 is 11.5 Å². The van der Waals surface area contributed by atoms with Crippen molar-refractivity contribution in [3.8, 4) is 17.2 Å². The van der Waals surface area contributed by atoms with Gasteiger partial charge < -0.3 is 30.7 Å². The van der Waals surface area contributed by atoms with Crippen LogP contribution in [0.1, 0.15) is 76.7 Å². The van der Waals surface area contributed by atoms with Gasteiger partial charge in [0.15, 0.2) is 5.60 Å². The second kappa shape index (κ2) is 14.3. The Morgan fingerprint density at radius 1 is 0.921 bits per heavy atom. The predicted molar refractivity (Wildman–Crippen MR) is 150 cm³/mol. The van der Waals surface area contributed by atoms with Crippen LogP contribution < -0.4 is 25.8 Å². The number of amides is 2. The molecule has 0 fully saturated rings. The lowest BCUT2D eigenvalue weighted by Gasteiger charge is -2.32. The molecule has 0 radical (unpaired) electrons. The monoisotopic (exact) mass is 526 g/mol. The molecule has 2 aromatic carbocycles. The highest BCUT2D eigenvalue weighted by molar-refractivity contribution is 5.97. The normalized spacial score (nSPS) is 11.7. The Bertz CT molecular complexity index is 1070. The van der Waals surface area contributed by atoms with Crippen LogP contribution in [0.4, 0.5) is 0 Å². The third kappa shape index (κ3) is 8.97. The van der Waals surface area contributed by atoms with E-state index in [0.717, 1.165) is 30.6 Å². The summed E-state index contributed by atoms with van der Waals surface area (Å²) in [5, 5.41) is 3.50. The molecular formula is C29H42N4O5. The fourth-order valence-corrected chi connectivity index (χ4v) is 3.88. The second-order valence-electron chi connectivity index (χ2n) is 10.1. The summed E-state index contributed by atoms with van der Waals surface area (Å²) in [5.41, 5.74) is 5.49. The Morgan fingerprint density at radius 3 is 2.00 bits per heavy atom. The van der Waals surface area contributed by atoms with E-state index in [9.17, 15) is 9.59 Å². The minimum Gasteiger partial charge on any atom is -0.494 e. The number of nitrogens with two attached hydrogens (primary N) is 2. The van der Waals surface area contributed by atoms with Gasteiger partial charge in [-0.1, -0.05) is 0 Å². The molecule has 9 heteroatoms. The third-order valence-electron chi connectivity index (χ3n) is 5.92. The van der Waals surface area contributed by atoms with Crippen molar-refractivity contribution in [2.45, 2.75) is 78.5 Å². The van der Waals surface area contributed by atoms with Crippen molar-refractivity contribution in [3.63, 3.8) is 0 Å². The van der Waals surface area contributed by atoms with Crippen molar-refractivity contribution in [2.75, 3.05) is 13.2 Å². The molecule has 2 aromatic rings. The molecule has 0 aliphatic carbocycles. The molecule has 4 N–H and O–H groups in total. The first-order chi connectivity index (χ1) is 18.0. The zero-order valence-corrected chi connectivity index (χ0v) is 23.4. The van der Waals surface area contributed by atoms with Crippen LogP contribution in [-0.4, -0.2) is 53.8 Å². The molecule has 0 aliphatic heterocycles. The fraction of sp³-hybridized carbons (Fsp3) is 0.483. The summed E-state index contributed by atoms with van der Waals surface area (Å²) in [6.07, 6.45) is 4.21. The molecule has 0 atom stereocenters. The molecule has 0 aromatic heterocycles. The Kier molecular flexibility index (Phi) is 11.4. The van der Waals surface area contributed by atoms with Crippen LogP contribution in [0.3, 0.4) is 0 Å². The summed E-state index contributed by atoms with van der Waals surface area (Å²) < 4.78 is 17.7. The minimum absolute atomic E-state index is 0.00983. The van der Waals surface area contributed by atoms with E-state index in [1.807, 2.05) is 52.0 Å². The summed E-state index contributed by atoms with van der Waals surface area (Å²) in [4.78, 5) is 27.1. The average Bonchev–Trinajstić information content (AvgIpc) is 2.84. The highest BCUT2D eigenvalue weighted by Crippen LogP contribution is 2.30. The van der Waals surface area contributed by atoms with Gasteiger partial charge in [0.05, 0.1) is 25.0 Å². The van der Waals surface area contributed by atoms with Crippen molar-refractivity contribution in [2.24, 2.45) is 16.7 Å². The minimum atomic E-state index is -1.30. The van der Waals surface area contributed by atoms with Crippen LogP contribution in [0, 0.1) is 0 Å². The van der Waals surface area contributed by atoms with E-state index in [-0.39, 0.29) is 23.7 Å². The smallest absolute Gasteiger partial charge is 0.261 e. The molecule has 0 bridgehead atoms. The van der Waals surface area contributed by atoms with Gasteiger partial charge in [-0.3, -0.25) is 9.59 Å². The van der Waals surface area contributed by atoms with Crippen LogP contribution in [-0.2, 0) is 4.79 Å². The van der Waals surface area contributed by atoms with Crippen LogP contribution in [0.25, 0.3) is 0 Å². The maximum absolute atomic E-state index is 13.4. The van der Waals surface area contributed by atoms with Crippen LogP contribution in [0.2, 0.25) is 0 Å². The molecule has 2 amide bonds. The lowest BCUT2D eigenvalue weighted by atomic mass is 10.1. The molecule has 38 heavy (non-hydrogen) atoms. The van der Waals surface area contributed by atoms with Gasteiger partial charge >= 0.3 is 0 Å². The molecule has 9 nitrogen and oxygen atoms in total. The molecule has 0 spiro atoms. The average molecular weight is 527 g/mol. The van der Waals surface area contributed by atoms with Gasteiger partial charge in [0, 0.05) is 18.2 Å². The molecule has 2 rings (SSSR count). The number of rotatable bonds is 15. The number of ether oxygens (including phenoxy) is 3. The molecule has 0 saturated carbocycles. The summed E-state index contributed by atoms with van der Waals surface area (Å²) in [5.74, 6) is 5.95. The number of primary amides is 1. The number of hydrogen-bond acceptors (Lipinski definition) is 7. The number of hydrogen-bond donors (Lipinski definition) is 2. The lowest BCUT2D eigenvalue weighted by Crippen LogP contribution is -2.45. The Morgan fingerprint density at radius 2 is 1.47 bits per heavy atom. The first-order valence-corrected chi connectivity index (χ1v) is 13.0. The van der Waals surface area contributed by atoms with Gasteiger partial charge in [-0.2, -0.15) is 5.10 Å². The van der Waals surface area contributed by atoms with Crippen molar-refractivity contribution < 1.29 is 23.8 Å². The number of benzene rings is 2. The third-order valence-corrected chi connectivity index (χ3v) is 5.92. The Balaban J connectivity index is 1.97. The highest BCUT2D eigenvalue weighted by atomic mass is 16.5. The summed E-state index contributed by atoms with van der Waals surface area (Å²) in [6, 6.07) is 12.6. The van der Waals surface area contributed by atoms with Gasteiger partial charge in [-0.05, 0) is 103 Å². The maximum atomic E-state index is 13.4. The summed E-state index contributed by atoms with van der Waals surface area (Å²) in [6.45, 7) is 12.1. The molecule has 0 unspecified atom stereocenters. The standard InChI is InChI=1S/C29H42N4O5/c1-20(2)33(21(3)4)27(34)25-15-14-24(18-26(25)38-29(5,6)28(30)35)37-17-9-7-8-16-36-23-12-10-22(11-13-23)19-32-31/h10-15,18-21H,7-9,16-17,31H2,1-6H3,(H2,30,35). The Hall–Kier alpha value is -3.75. The number of hydrazone groups is 1. The number of carbonyl (C=O) groups is 2. The van der Waals surface area contributed by atoms with Crippen molar-refractivity contribution >= 4 is 18.0 Å². The van der Waals surface area contributed by atoms with Crippen molar-refractivity contribution in [3.05, 3.63) is 53.6 Å².